The van der Waals surface area contributed by atoms with Gasteiger partial charge in [-0.1, -0.05) is 6.07 Å². The zero-order chi connectivity index (χ0) is 14.0. The van der Waals surface area contributed by atoms with Gasteiger partial charge < -0.3 is 4.43 Å². The highest BCUT2D eigenvalue weighted by molar-refractivity contribution is 7.10. The average Bonchev–Trinajstić information content (AvgIpc) is 2.62. The van der Waals surface area contributed by atoms with Crippen LogP contribution in [-0.4, -0.2) is 20.1 Å². The molecular weight excluding hydrogens is 277 g/mol. The van der Waals surface area contributed by atoms with Crippen LogP contribution in [-0.2, 0) is 4.43 Å². The lowest BCUT2D eigenvalue weighted by molar-refractivity contribution is -0.225. The summed E-state index contributed by atoms with van der Waals surface area (Å²) in [5, 5.41) is 1.82. The zero-order valence-electron chi connectivity index (χ0n) is 10.8. The van der Waals surface area contributed by atoms with Gasteiger partial charge in [0, 0.05) is 4.88 Å². The Morgan fingerprint density at radius 2 is 1.89 bits per heavy atom. The summed E-state index contributed by atoms with van der Waals surface area (Å²) in [5.41, 5.74) is -2.22. The molecule has 0 saturated heterocycles. The smallest absolute Gasteiger partial charge is 0.401 e. The molecule has 0 amide bonds. The third-order valence-corrected chi connectivity index (χ3v) is 4.06. The quantitative estimate of drug-likeness (QED) is 0.715. The first-order valence-corrected chi connectivity index (χ1v) is 9.82. The van der Waals surface area contributed by atoms with Gasteiger partial charge in [-0.05, 0) is 50.2 Å². The van der Waals surface area contributed by atoms with Gasteiger partial charge in [0.2, 0.25) is 0 Å². The van der Waals surface area contributed by atoms with Crippen LogP contribution in [0.2, 0.25) is 19.6 Å². The van der Waals surface area contributed by atoms with E-state index in [1.165, 1.54) is 17.4 Å². The van der Waals surface area contributed by atoms with Gasteiger partial charge in [-0.15, -0.1) is 11.3 Å². The lowest BCUT2D eigenvalue weighted by Crippen LogP contribution is -2.49. The van der Waals surface area contributed by atoms with Crippen molar-refractivity contribution in [3.8, 4) is 0 Å². The van der Waals surface area contributed by atoms with E-state index in [1.54, 1.807) is 31.8 Å². The first-order valence-electron chi connectivity index (χ1n) is 5.53. The molecule has 1 heterocycles. The van der Waals surface area contributed by atoms with E-state index >= 15 is 0 Å². The Labute approximate surface area is 110 Å². The summed E-state index contributed by atoms with van der Waals surface area (Å²) >= 11 is 1.39. The van der Waals surface area contributed by atoms with Gasteiger partial charge in [0.05, 0.1) is 0 Å². The van der Waals surface area contributed by atoms with Crippen molar-refractivity contribution < 1.29 is 17.6 Å². The van der Waals surface area contributed by atoms with Crippen LogP contribution in [0.25, 0.3) is 6.08 Å². The van der Waals surface area contributed by atoms with Crippen LogP contribution in [0.5, 0.6) is 0 Å². The summed E-state index contributed by atoms with van der Waals surface area (Å²) in [4.78, 5) is 0.782. The van der Waals surface area contributed by atoms with E-state index in [4.69, 9.17) is 4.43 Å². The number of hydrogen-bond acceptors (Lipinski definition) is 2. The van der Waals surface area contributed by atoms with Crippen molar-refractivity contribution in [2.75, 3.05) is 0 Å². The van der Waals surface area contributed by atoms with Crippen LogP contribution in [0.4, 0.5) is 13.2 Å². The largest absolute Gasteiger partial charge is 0.419 e. The molecular formula is C12H17F3OSSi. The molecule has 18 heavy (non-hydrogen) atoms. The molecule has 0 radical (unpaired) electrons. The molecule has 0 N–H and O–H groups in total. The highest BCUT2D eigenvalue weighted by atomic mass is 32.1. The van der Waals surface area contributed by atoms with Crippen LogP contribution in [0.3, 0.4) is 0 Å². The van der Waals surface area contributed by atoms with E-state index in [-0.39, 0.29) is 0 Å². The van der Waals surface area contributed by atoms with Gasteiger partial charge >= 0.3 is 6.18 Å². The van der Waals surface area contributed by atoms with Crippen LogP contribution in [0, 0.1) is 0 Å². The fourth-order valence-corrected chi connectivity index (χ4v) is 3.52. The standard InChI is InChI=1S/C12H17F3OSSi/c1-11(12(13,14)15,16-18(2,3)4)8-7-10-6-5-9-17-10/h5-9H,1-4H3/b8-7+. The molecule has 1 unspecified atom stereocenters. The Balaban J connectivity index is 2.99. The maximum atomic E-state index is 13.1. The predicted octanol–water partition coefficient (Wildman–Crippen LogP) is 4.93. The second-order valence-corrected chi connectivity index (χ2v) is 10.6. The molecule has 0 aromatic carbocycles. The molecule has 0 aliphatic carbocycles. The van der Waals surface area contributed by atoms with Crippen molar-refractivity contribution in [3.63, 3.8) is 0 Å². The predicted molar refractivity (Wildman–Crippen MR) is 72.2 cm³/mol. The topological polar surface area (TPSA) is 9.23 Å². The monoisotopic (exact) mass is 294 g/mol. The second-order valence-electron chi connectivity index (χ2n) is 5.17. The number of alkyl halides is 3. The molecule has 0 aliphatic heterocycles. The summed E-state index contributed by atoms with van der Waals surface area (Å²) in [7, 11) is -2.29. The zero-order valence-corrected chi connectivity index (χ0v) is 12.7. The van der Waals surface area contributed by atoms with E-state index < -0.39 is 20.1 Å². The highest BCUT2D eigenvalue weighted by Gasteiger charge is 2.52. The van der Waals surface area contributed by atoms with Gasteiger partial charge in [-0.3, -0.25) is 0 Å². The van der Waals surface area contributed by atoms with Gasteiger partial charge in [-0.25, -0.2) is 0 Å². The summed E-state index contributed by atoms with van der Waals surface area (Å²) in [6.45, 7) is 6.32. The van der Waals surface area contributed by atoms with E-state index in [2.05, 4.69) is 0 Å². The number of hydrogen-bond donors (Lipinski definition) is 0. The third kappa shape index (κ3) is 4.26. The van der Waals surface area contributed by atoms with Crippen molar-refractivity contribution in [3.05, 3.63) is 28.5 Å². The molecule has 0 bridgehead atoms. The average molecular weight is 294 g/mol. The minimum absolute atomic E-state index is 0.782. The maximum absolute atomic E-state index is 13.1. The summed E-state index contributed by atoms with van der Waals surface area (Å²) in [6.07, 6.45) is -1.84. The molecule has 0 aliphatic rings. The molecule has 1 rings (SSSR count). The molecule has 0 saturated carbocycles. The van der Waals surface area contributed by atoms with Crippen LogP contribution >= 0.6 is 11.3 Å². The molecule has 1 atom stereocenters. The Hall–Kier alpha value is -0.593. The van der Waals surface area contributed by atoms with Gasteiger partial charge in [-0.2, -0.15) is 13.2 Å². The number of thiophene rings is 1. The SMILES string of the molecule is CC(/C=C/c1cccs1)(O[Si](C)(C)C)C(F)(F)F. The van der Waals surface area contributed by atoms with E-state index in [0.717, 1.165) is 17.9 Å². The summed E-state index contributed by atoms with van der Waals surface area (Å²) in [6, 6.07) is 3.57. The molecule has 0 spiro atoms. The van der Waals surface area contributed by atoms with Crippen molar-refractivity contribution in [1.29, 1.82) is 0 Å². The van der Waals surface area contributed by atoms with Crippen molar-refractivity contribution in [2.24, 2.45) is 0 Å². The molecule has 6 heteroatoms. The van der Waals surface area contributed by atoms with E-state index in [0.29, 0.717) is 0 Å². The summed E-state index contributed by atoms with van der Waals surface area (Å²) < 4.78 is 44.7. The van der Waals surface area contributed by atoms with Crippen molar-refractivity contribution >= 4 is 25.7 Å². The Kier molecular flexibility index (Phi) is 4.45. The first kappa shape index (κ1) is 15.5. The fraction of sp³-hybridized carbons (Fsp3) is 0.500. The van der Waals surface area contributed by atoms with Crippen LogP contribution in [0.1, 0.15) is 11.8 Å². The Bertz CT molecular complexity index is 406. The van der Waals surface area contributed by atoms with Crippen molar-refractivity contribution in [1.82, 2.24) is 0 Å². The maximum Gasteiger partial charge on any atom is 0.419 e. The molecule has 102 valence electrons. The molecule has 1 aromatic heterocycles. The first-order chi connectivity index (χ1) is 8.04. The Morgan fingerprint density at radius 1 is 1.28 bits per heavy atom. The van der Waals surface area contributed by atoms with Crippen LogP contribution in [0.15, 0.2) is 23.6 Å². The molecule has 1 aromatic rings. The van der Waals surface area contributed by atoms with Crippen molar-refractivity contribution in [2.45, 2.75) is 38.3 Å². The molecule has 0 fully saturated rings. The van der Waals surface area contributed by atoms with E-state index in [9.17, 15) is 13.2 Å². The highest BCUT2D eigenvalue weighted by Crippen LogP contribution is 2.37. The minimum Gasteiger partial charge on any atom is -0.401 e. The minimum atomic E-state index is -4.42. The normalized spacial score (nSPS) is 17.1. The lowest BCUT2D eigenvalue weighted by Gasteiger charge is -2.35. The lowest BCUT2D eigenvalue weighted by atomic mass is 10.1. The Morgan fingerprint density at radius 3 is 2.28 bits per heavy atom. The van der Waals surface area contributed by atoms with Gasteiger partial charge in [0.15, 0.2) is 13.9 Å². The number of rotatable bonds is 4. The van der Waals surface area contributed by atoms with E-state index in [1.807, 2.05) is 5.38 Å². The molecule has 1 nitrogen and oxygen atoms in total. The third-order valence-electron chi connectivity index (χ3n) is 2.19. The van der Waals surface area contributed by atoms with Crippen LogP contribution < -0.4 is 0 Å². The van der Waals surface area contributed by atoms with Gasteiger partial charge in [0.25, 0.3) is 0 Å². The number of halogens is 3. The summed E-state index contributed by atoms with van der Waals surface area (Å²) in [5.74, 6) is 0. The van der Waals surface area contributed by atoms with Gasteiger partial charge in [0.1, 0.15) is 0 Å². The fourth-order valence-electron chi connectivity index (χ4n) is 1.45. The second kappa shape index (κ2) is 5.18.